The van der Waals surface area contributed by atoms with E-state index in [1.807, 2.05) is 17.5 Å². The fraction of sp³-hybridized carbons (Fsp3) is 0.250. The van der Waals surface area contributed by atoms with Crippen molar-refractivity contribution in [3.63, 3.8) is 0 Å². The van der Waals surface area contributed by atoms with Crippen LogP contribution in [0.3, 0.4) is 0 Å². The van der Waals surface area contributed by atoms with E-state index in [-0.39, 0.29) is 5.16 Å². The molecular weight excluding hydrogens is 337 g/mol. The van der Waals surface area contributed by atoms with Crippen LogP contribution in [0.15, 0.2) is 33.3 Å². The van der Waals surface area contributed by atoms with Gasteiger partial charge in [0.25, 0.3) is 0 Å². The van der Waals surface area contributed by atoms with Gasteiger partial charge in [0.05, 0.1) is 10.6 Å². The van der Waals surface area contributed by atoms with Crippen molar-refractivity contribution in [2.45, 2.75) is 17.1 Å². The molecule has 3 heterocycles. The van der Waals surface area contributed by atoms with E-state index in [1.54, 1.807) is 0 Å². The van der Waals surface area contributed by atoms with E-state index in [9.17, 15) is 13.2 Å². The predicted molar refractivity (Wildman–Crippen MR) is 75.4 cm³/mol. The summed E-state index contributed by atoms with van der Waals surface area (Å²) >= 11 is 2.62. The van der Waals surface area contributed by atoms with E-state index >= 15 is 0 Å². The molecule has 22 heavy (non-hydrogen) atoms. The van der Waals surface area contributed by atoms with Crippen LogP contribution < -0.4 is 0 Å². The van der Waals surface area contributed by atoms with Gasteiger partial charge in [-0.05, 0) is 11.4 Å². The number of oxazole rings is 1. The minimum Gasteiger partial charge on any atom is -0.444 e. The molecule has 116 valence electrons. The maximum atomic E-state index is 12.6. The lowest BCUT2D eigenvalue weighted by Gasteiger charge is -2.05. The fourth-order valence-electron chi connectivity index (χ4n) is 1.71. The smallest absolute Gasteiger partial charge is 0.444 e. The SMILES string of the molecule is Cn1c(SCc2coc(-c3cccs3)n2)nnc1C(F)(F)F. The molecule has 0 spiro atoms. The van der Waals surface area contributed by atoms with Crippen LogP contribution in [0.25, 0.3) is 10.8 Å². The summed E-state index contributed by atoms with van der Waals surface area (Å²) < 4.78 is 44.2. The van der Waals surface area contributed by atoms with Gasteiger partial charge in [-0.2, -0.15) is 13.2 Å². The lowest BCUT2D eigenvalue weighted by atomic mass is 10.5. The van der Waals surface area contributed by atoms with E-state index in [0.29, 0.717) is 17.3 Å². The number of aromatic nitrogens is 4. The zero-order valence-electron chi connectivity index (χ0n) is 11.2. The van der Waals surface area contributed by atoms with Crippen molar-refractivity contribution in [3.8, 4) is 10.8 Å². The molecular formula is C12H9F3N4OS2. The monoisotopic (exact) mass is 346 g/mol. The second-order valence-electron chi connectivity index (χ2n) is 4.27. The summed E-state index contributed by atoms with van der Waals surface area (Å²) in [6, 6.07) is 3.77. The number of hydrogen-bond acceptors (Lipinski definition) is 6. The highest BCUT2D eigenvalue weighted by Crippen LogP contribution is 2.31. The summed E-state index contributed by atoms with van der Waals surface area (Å²) in [5, 5.41) is 8.81. The average molecular weight is 346 g/mol. The van der Waals surface area contributed by atoms with Gasteiger partial charge in [0.2, 0.25) is 11.7 Å². The second kappa shape index (κ2) is 5.76. The molecule has 0 radical (unpaired) electrons. The highest BCUT2D eigenvalue weighted by atomic mass is 32.2. The molecule has 0 bridgehead atoms. The van der Waals surface area contributed by atoms with Crippen LogP contribution in [0.4, 0.5) is 13.2 Å². The first-order valence-electron chi connectivity index (χ1n) is 6.03. The van der Waals surface area contributed by atoms with Crippen LogP contribution in [0.5, 0.6) is 0 Å². The Labute approximate surface area is 131 Å². The van der Waals surface area contributed by atoms with E-state index in [2.05, 4.69) is 15.2 Å². The molecule has 0 aliphatic carbocycles. The van der Waals surface area contributed by atoms with Crippen molar-refractivity contribution in [3.05, 3.63) is 35.3 Å². The number of halogens is 3. The van der Waals surface area contributed by atoms with Gasteiger partial charge in [-0.3, -0.25) is 0 Å². The van der Waals surface area contributed by atoms with Crippen LogP contribution in [0.2, 0.25) is 0 Å². The first-order chi connectivity index (χ1) is 10.4. The first-order valence-corrected chi connectivity index (χ1v) is 7.89. The third-order valence-electron chi connectivity index (χ3n) is 2.72. The van der Waals surface area contributed by atoms with Crippen molar-refractivity contribution in [1.82, 2.24) is 19.7 Å². The van der Waals surface area contributed by atoms with E-state index in [4.69, 9.17) is 4.42 Å². The van der Waals surface area contributed by atoms with Crippen LogP contribution in [0.1, 0.15) is 11.5 Å². The minimum atomic E-state index is -4.51. The molecule has 0 saturated carbocycles. The van der Waals surface area contributed by atoms with Crippen LogP contribution >= 0.6 is 23.1 Å². The molecule has 5 nitrogen and oxygen atoms in total. The van der Waals surface area contributed by atoms with Gasteiger partial charge in [-0.15, -0.1) is 21.5 Å². The Balaban J connectivity index is 1.70. The first kappa shape index (κ1) is 15.1. The molecule has 0 saturated heterocycles. The second-order valence-corrected chi connectivity index (χ2v) is 6.16. The Morgan fingerprint density at radius 2 is 2.18 bits per heavy atom. The van der Waals surface area contributed by atoms with E-state index in [0.717, 1.165) is 21.2 Å². The summed E-state index contributed by atoms with van der Waals surface area (Å²) in [5.74, 6) is -0.174. The Morgan fingerprint density at radius 3 is 2.82 bits per heavy atom. The molecule has 0 atom stereocenters. The molecule has 3 aromatic heterocycles. The van der Waals surface area contributed by atoms with Crippen molar-refractivity contribution < 1.29 is 17.6 Å². The molecule has 0 aromatic carbocycles. The van der Waals surface area contributed by atoms with Crippen molar-refractivity contribution in [1.29, 1.82) is 0 Å². The molecule has 3 aromatic rings. The third kappa shape index (κ3) is 3.02. The molecule has 3 rings (SSSR count). The standard InChI is InChI=1S/C12H9F3N4OS2/c1-19-10(12(13,14)15)17-18-11(19)22-6-7-5-20-9(16-7)8-3-2-4-21-8/h2-5H,6H2,1H3. The lowest BCUT2D eigenvalue weighted by molar-refractivity contribution is -0.147. The highest BCUT2D eigenvalue weighted by molar-refractivity contribution is 7.98. The highest BCUT2D eigenvalue weighted by Gasteiger charge is 2.37. The largest absolute Gasteiger partial charge is 0.451 e. The van der Waals surface area contributed by atoms with Gasteiger partial charge < -0.3 is 8.98 Å². The van der Waals surface area contributed by atoms with Crippen LogP contribution in [0, 0.1) is 0 Å². The van der Waals surface area contributed by atoms with Gasteiger partial charge in [0.1, 0.15) is 6.26 Å². The number of rotatable bonds is 4. The zero-order valence-corrected chi connectivity index (χ0v) is 12.8. The third-order valence-corrected chi connectivity index (χ3v) is 4.63. The Kier molecular flexibility index (Phi) is 3.96. The number of nitrogens with zero attached hydrogens (tertiary/aromatic N) is 4. The van der Waals surface area contributed by atoms with Gasteiger partial charge >= 0.3 is 6.18 Å². The fourth-order valence-corrected chi connectivity index (χ4v) is 3.16. The summed E-state index contributed by atoms with van der Waals surface area (Å²) in [6.07, 6.45) is -3.02. The maximum absolute atomic E-state index is 12.6. The normalized spacial score (nSPS) is 12.0. The van der Waals surface area contributed by atoms with Gasteiger partial charge in [-0.1, -0.05) is 17.8 Å². The van der Waals surface area contributed by atoms with E-state index in [1.165, 1.54) is 24.6 Å². The van der Waals surface area contributed by atoms with Crippen molar-refractivity contribution in [2.75, 3.05) is 0 Å². The molecule has 0 N–H and O–H groups in total. The lowest BCUT2D eigenvalue weighted by Crippen LogP contribution is -2.12. The van der Waals surface area contributed by atoms with Gasteiger partial charge in [-0.25, -0.2) is 4.98 Å². The van der Waals surface area contributed by atoms with E-state index < -0.39 is 12.0 Å². The summed E-state index contributed by atoms with van der Waals surface area (Å²) in [4.78, 5) is 5.19. The molecule has 0 aliphatic rings. The van der Waals surface area contributed by atoms with Crippen LogP contribution in [-0.4, -0.2) is 19.7 Å². The van der Waals surface area contributed by atoms with Crippen LogP contribution in [-0.2, 0) is 19.0 Å². The summed E-state index contributed by atoms with van der Waals surface area (Å²) in [5.41, 5.74) is 0.630. The van der Waals surface area contributed by atoms with Gasteiger partial charge in [0, 0.05) is 12.8 Å². The number of thiophene rings is 1. The van der Waals surface area contributed by atoms with Crippen molar-refractivity contribution >= 4 is 23.1 Å². The Bertz CT molecular complexity index is 764. The molecule has 0 unspecified atom stereocenters. The molecule has 0 fully saturated rings. The summed E-state index contributed by atoms with van der Waals surface area (Å²) in [6.45, 7) is 0. The quantitative estimate of drug-likeness (QED) is 0.672. The molecule has 0 amide bonds. The Hall–Kier alpha value is -1.81. The molecule has 10 heteroatoms. The summed E-state index contributed by atoms with van der Waals surface area (Å²) in [7, 11) is 1.28. The van der Waals surface area contributed by atoms with Crippen molar-refractivity contribution in [2.24, 2.45) is 7.05 Å². The van der Waals surface area contributed by atoms with Gasteiger partial charge in [0.15, 0.2) is 5.16 Å². The zero-order chi connectivity index (χ0) is 15.7. The predicted octanol–water partition coefficient (Wildman–Crippen LogP) is 3.84. The molecule has 0 aliphatic heterocycles. The number of alkyl halides is 3. The number of thioether (sulfide) groups is 1. The number of hydrogen-bond donors (Lipinski definition) is 0. The average Bonchev–Trinajstić information content (AvgIpc) is 3.16. The Morgan fingerprint density at radius 1 is 1.36 bits per heavy atom. The minimum absolute atomic E-state index is 0.174. The topological polar surface area (TPSA) is 56.7 Å². The maximum Gasteiger partial charge on any atom is 0.451 e.